The van der Waals surface area contributed by atoms with Crippen molar-refractivity contribution < 1.29 is 24.6 Å². The molecule has 0 fully saturated rings. The summed E-state index contributed by atoms with van der Waals surface area (Å²) >= 11 is 0. The number of H-pyrrole nitrogens is 1. The molecule has 0 aliphatic rings. The molecular formula is C10H18N5O5-. The van der Waals surface area contributed by atoms with Crippen LogP contribution in [0, 0.1) is 0 Å². The quantitative estimate of drug-likeness (QED) is 0.403. The number of carbonyl (C=O) groups excluding carboxylic acids is 2. The van der Waals surface area contributed by atoms with E-state index < -0.39 is 24.0 Å². The molecule has 0 radical (unpaired) electrons. The monoisotopic (exact) mass is 288 g/mol. The maximum atomic E-state index is 10.3. The molecule has 0 bridgehead atoms. The third kappa shape index (κ3) is 15.4. The van der Waals surface area contributed by atoms with Crippen molar-refractivity contribution in [3.8, 4) is 0 Å². The van der Waals surface area contributed by atoms with E-state index in [1.807, 2.05) is 0 Å². The van der Waals surface area contributed by atoms with Crippen LogP contribution in [0.1, 0.15) is 19.0 Å². The number of urea groups is 1. The lowest BCUT2D eigenvalue weighted by molar-refractivity contribution is -0.305. The highest BCUT2D eigenvalue weighted by Gasteiger charge is 2.11. The molecule has 20 heavy (non-hydrogen) atoms. The second kappa shape index (κ2) is 11.5. The molecule has 0 aliphatic carbocycles. The molecule has 0 aromatic carbocycles. The second-order valence-electron chi connectivity index (χ2n) is 3.35. The van der Waals surface area contributed by atoms with Gasteiger partial charge in [0.05, 0.1) is 6.33 Å². The number of rotatable bonds is 4. The first-order chi connectivity index (χ1) is 9.20. The molecule has 114 valence electrons. The van der Waals surface area contributed by atoms with Crippen molar-refractivity contribution in [3.63, 3.8) is 0 Å². The first kappa shape index (κ1) is 19.7. The molecule has 0 spiro atoms. The average Bonchev–Trinajstić information content (AvgIpc) is 2.81. The third-order valence-electron chi connectivity index (χ3n) is 1.60. The van der Waals surface area contributed by atoms with Crippen LogP contribution in [0.2, 0.25) is 0 Å². The van der Waals surface area contributed by atoms with E-state index >= 15 is 0 Å². The Balaban J connectivity index is 0. The van der Waals surface area contributed by atoms with Gasteiger partial charge in [-0.1, -0.05) is 6.92 Å². The number of nitrogens with one attached hydrogen (secondary N) is 1. The number of primary amides is 2. The molecule has 1 rings (SSSR count). The van der Waals surface area contributed by atoms with Gasteiger partial charge in [-0.3, -0.25) is 4.79 Å². The lowest BCUT2D eigenvalue weighted by Gasteiger charge is -2.02. The molecule has 0 saturated carbocycles. The van der Waals surface area contributed by atoms with Crippen LogP contribution in [-0.2, 0) is 16.0 Å². The predicted octanol–water partition coefficient (Wildman–Crippen LogP) is -2.47. The zero-order valence-electron chi connectivity index (χ0n) is 10.9. The van der Waals surface area contributed by atoms with Crippen LogP contribution in [-0.4, -0.2) is 39.1 Å². The maximum absolute atomic E-state index is 10.3. The number of aromatic nitrogens is 2. The summed E-state index contributed by atoms with van der Waals surface area (Å²) in [6, 6.07) is -1.68. The van der Waals surface area contributed by atoms with Crippen LogP contribution in [0.3, 0.4) is 0 Å². The van der Waals surface area contributed by atoms with Crippen molar-refractivity contribution in [3.05, 3.63) is 18.2 Å². The number of carbonyl (C=O) groups is 3. The molecule has 1 aromatic heterocycles. The van der Waals surface area contributed by atoms with E-state index in [-0.39, 0.29) is 12.8 Å². The molecule has 1 heterocycles. The Morgan fingerprint density at radius 3 is 2.15 bits per heavy atom. The first-order valence-corrected chi connectivity index (χ1v) is 5.41. The number of aliphatic carboxylic acids is 2. The lowest BCUT2D eigenvalue weighted by atomic mass is 10.2. The number of imidazole rings is 1. The number of aromatic amines is 1. The van der Waals surface area contributed by atoms with E-state index in [1.54, 1.807) is 6.20 Å². The van der Waals surface area contributed by atoms with Crippen molar-refractivity contribution in [2.75, 3.05) is 0 Å². The summed E-state index contributed by atoms with van der Waals surface area (Å²) in [4.78, 5) is 35.0. The van der Waals surface area contributed by atoms with E-state index in [0.29, 0.717) is 0 Å². The summed E-state index contributed by atoms with van der Waals surface area (Å²) in [7, 11) is 0. The van der Waals surface area contributed by atoms with Gasteiger partial charge in [0, 0.05) is 24.3 Å². The predicted molar refractivity (Wildman–Crippen MR) is 67.0 cm³/mol. The molecule has 10 nitrogen and oxygen atoms in total. The maximum Gasteiger partial charge on any atom is 0.320 e. The van der Waals surface area contributed by atoms with Gasteiger partial charge in [0.2, 0.25) is 0 Å². The van der Waals surface area contributed by atoms with Crippen molar-refractivity contribution in [1.82, 2.24) is 9.97 Å². The van der Waals surface area contributed by atoms with Gasteiger partial charge in [0.1, 0.15) is 6.04 Å². The summed E-state index contributed by atoms with van der Waals surface area (Å²) in [6.07, 6.45) is 3.45. The summed E-state index contributed by atoms with van der Waals surface area (Å²) in [5, 5.41) is 17.7. The summed E-state index contributed by atoms with van der Waals surface area (Å²) in [5.74, 6) is -2.00. The Bertz CT molecular complexity index is 402. The van der Waals surface area contributed by atoms with Crippen LogP contribution in [0.25, 0.3) is 0 Å². The molecular weight excluding hydrogens is 270 g/mol. The molecule has 8 N–H and O–H groups in total. The number of nitrogens with zero attached hydrogens (tertiary/aromatic N) is 1. The van der Waals surface area contributed by atoms with Gasteiger partial charge in [-0.05, 0) is 6.42 Å². The normalized spacial score (nSPS) is 10.1. The van der Waals surface area contributed by atoms with Crippen molar-refractivity contribution in [1.29, 1.82) is 0 Å². The Morgan fingerprint density at radius 2 is 1.90 bits per heavy atom. The van der Waals surface area contributed by atoms with Crippen LogP contribution < -0.4 is 22.3 Å². The molecule has 1 atom stereocenters. The van der Waals surface area contributed by atoms with Gasteiger partial charge in [0.15, 0.2) is 0 Å². The Kier molecular flexibility index (Phi) is 11.3. The number of hydrogen-bond acceptors (Lipinski definition) is 6. The first-order valence-electron chi connectivity index (χ1n) is 5.41. The minimum Gasteiger partial charge on any atom is -0.550 e. The van der Waals surface area contributed by atoms with Crippen molar-refractivity contribution >= 4 is 18.0 Å². The van der Waals surface area contributed by atoms with E-state index in [2.05, 4.69) is 21.4 Å². The zero-order chi connectivity index (χ0) is 16.1. The minimum absolute atomic E-state index is 0.111. The molecule has 0 unspecified atom stereocenters. The molecule has 10 heteroatoms. The Hall–Kier alpha value is -2.62. The van der Waals surface area contributed by atoms with Crippen LogP contribution in [0.15, 0.2) is 12.5 Å². The van der Waals surface area contributed by atoms with Crippen molar-refractivity contribution in [2.45, 2.75) is 25.8 Å². The average molecular weight is 288 g/mol. The third-order valence-corrected chi connectivity index (χ3v) is 1.60. The summed E-state index contributed by atoms with van der Waals surface area (Å²) < 4.78 is 0. The van der Waals surface area contributed by atoms with Gasteiger partial charge in [-0.15, -0.1) is 0 Å². The fourth-order valence-corrected chi connectivity index (χ4v) is 0.721. The van der Waals surface area contributed by atoms with Crippen molar-refractivity contribution in [2.24, 2.45) is 17.2 Å². The van der Waals surface area contributed by atoms with E-state index in [9.17, 15) is 14.7 Å². The van der Waals surface area contributed by atoms with Gasteiger partial charge in [-0.2, -0.15) is 0 Å². The van der Waals surface area contributed by atoms with Gasteiger partial charge < -0.3 is 37.2 Å². The number of carboxylic acid groups (broad SMARTS) is 2. The number of amides is 2. The highest BCUT2D eigenvalue weighted by atomic mass is 16.4. The SMILES string of the molecule is CCC(=O)[O-].NC(N)=O.N[C@@H](Cc1cnc[nH]1)C(=O)O. The van der Waals surface area contributed by atoms with Crippen LogP contribution in [0.4, 0.5) is 4.79 Å². The fraction of sp³-hybridized carbons (Fsp3) is 0.400. The van der Waals surface area contributed by atoms with Gasteiger partial charge in [-0.25, -0.2) is 9.78 Å². The number of hydrogen-bond donors (Lipinski definition) is 5. The Morgan fingerprint density at radius 1 is 1.45 bits per heavy atom. The molecule has 1 aromatic rings. The fourth-order valence-electron chi connectivity index (χ4n) is 0.721. The molecule has 0 aliphatic heterocycles. The second-order valence-corrected chi connectivity index (χ2v) is 3.35. The zero-order valence-corrected chi connectivity index (χ0v) is 10.9. The lowest BCUT2D eigenvalue weighted by Crippen LogP contribution is -2.32. The summed E-state index contributed by atoms with van der Waals surface area (Å²) in [6.45, 7) is 1.54. The van der Waals surface area contributed by atoms with Crippen LogP contribution in [0.5, 0.6) is 0 Å². The van der Waals surface area contributed by atoms with E-state index in [0.717, 1.165) is 5.69 Å². The number of carboxylic acids is 2. The molecule has 0 saturated heterocycles. The van der Waals surface area contributed by atoms with E-state index in [4.69, 9.17) is 15.6 Å². The summed E-state index contributed by atoms with van der Waals surface area (Å²) in [5.41, 5.74) is 14.5. The van der Waals surface area contributed by atoms with Gasteiger partial charge >= 0.3 is 12.0 Å². The van der Waals surface area contributed by atoms with Crippen LogP contribution >= 0.6 is 0 Å². The topological polar surface area (TPSA) is 201 Å². The Labute approximate surface area is 115 Å². The van der Waals surface area contributed by atoms with Gasteiger partial charge in [0.25, 0.3) is 0 Å². The number of nitrogens with two attached hydrogens (primary N) is 3. The highest BCUT2D eigenvalue weighted by Crippen LogP contribution is 1.95. The van der Waals surface area contributed by atoms with E-state index in [1.165, 1.54) is 13.3 Å². The smallest absolute Gasteiger partial charge is 0.320 e. The minimum atomic E-state index is -1.00. The highest BCUT2D eigenvalue weighted by molar-refractivity contribution is 5.73. The molecule has 2 amide bonds. The standard InChI is InChI=1S/C6H9N3O2.C3H6O2.CH4N2O/c7-5(6(10)11)1-4-2-8-3-9-4;1-2-3(4)5;2-1(3)4/h2-3,5H,1,7H2,(H,8,9)(H,10,11);2H2,1H3,(H,4,5);(H4,2,3,4)/p-1/t5-;;/m0../s1. The largest absolute Gasteiger partial charge is 0.550 e.